The van der Waals surface area contributed by atoms with Crippen LogP contribution in [0.4, 0.5) is 17.6 Å². The average molecular weight is 318 g/mol. The predicted molar refractivity (Wildman–Crippen MR) is 73.2 cm³/mol. The van der Waals surface area contributed by atoms with Crippen molar-refractivity contribution >= 4 is 11.6 Å². The van der Waals surface area contributed by atoms with Gasteiger partial charge in [-0.25, -0.2) is 17.6 Å². The summed E-state index contributed by atoms with van der Waals surface area (Å²) in [6.45, 7) is 2.18. The van der Waals surface area contributed by atoms with E-state index in [2.05, 4.69) is 5.32 Å². The van der Waals surface area contributed by atoms with Crippen LogP contribution in [-0.4, -0.2) is 6.54 Å². The maximum atomic E-state index is 14.0. The molecule has 2 rings (SSSR count). The topological polar surface area (TPSA) is 12.0 Å². The molecule has 0 saturated heterocycles. The van der Waals surface area contributed by atoms with Crippen molar-refractivity contribution in [1.82, 2.24) is 5.32 Å². The summed E-state index contributed by atoms with van der Waals surface area (Å²) in [5.74, 6) is -4.80. The van der Waals surface area contributed by atoms with Crippen molar-refractivity contribution in [3.8, 4) is 0 Å². The second kappa shape index (κ2) is 6.45. The van der Waals surface area contributed by atoms with Gasteiger partial charge in [-0.2, -0.15) is 0 Å². The first-order valence-electron chi connectivity index (χ1n) is 6.26. The van der Waals surface area contributed by atoms with Crippen LogP contribution in [0.15, 0.2) is 30.3 Å². The first-order valence-corrected chi connectivity index (χ1v) is 6.64. The molecule has 1 N–H and O–H groups in total. The van der Waals surface area contributed by atoms with Crippen molar-refractivity contribution in [3.05, 3.63) is 69.8 Å². The number of nitrogens with one attached hydrogen (secondary N) is 1. The molecule has 6 heteroatoms. The van der Waals surface area contributed by atoms with Gasteiger partial charge in [-0.05, 0) is 36.4 Å². The van der Waals surface area contributed by atoms with Crippen LogP contribution in [-0.2, 0) is 0 Å². The van der Waals surface area contributed by atoms with Gasteiger partial charge in [0.2, 0.25) is 0 Å². The molecule has 0 aliphatic heterocycles. The molecule has 21 heavy (non-hydrogen) atoms. The summed E-state index contributed by atoms with van der Waals surface area (Å²) in [5, 5.41) is 3.12. The summed E-state index contributed by atoms with van der Waals surface area (Å²) in [6, 6.07) is 4.89. The normalized spacial score (nSPS) is 12.5. The predicted octanol–water partition coefficient (Wildman–Crippen LogP) is 4.60. The van der Waals surface area contributed by atoms with E-state index in [9.17, 15) is 17.6 Å². The summed E-state index contributed by atoms with van der Waals surface area (Å²) in [4.78, 5) is 0. The zero-order valence-corrected chi connectivity index (χ0v) is 11.8. The van der Waals surface area contributed by atoms with E-state index >= 15 is 0 Å². The molecular weight excluding hydrogens is 306 g/mol. The second-order valence-electron chi connectivity index (χ2n) is 4.46. The van der Waals surface area contributed by atoms with Crippen LogP contribution in [0.25, 0.3) is 0 Å². The maximum Gasteiger partial charge on any atom is 0.194 e. The van der Waals surface area contributed by atoms with Gasteiger partial charge in [0.15, 0.2) is 17.5 Å². The van der Waals surface area contributed by atoms with Crippen molar-refractivity contribution in [2.45, 2.75) is 13.0 Å². The van der Waals surface area contributed by atoms with Gasteiger partial charge in [0, 0.05) is 10.6 Å². The molecule has 0 radical (unpaired) electrons. The fraction of sp³-hybridized carbons (Fsp3) is 0.200. The third-order valence-corrected chi connectivity index (χ3v) is 3.26. The first kappa shape index (κ1) is 15.8. The second-order valence-corrected chi connectivity index (χ2v) is 4.89. The molecule has 1 atom stereocenters. The Balaban J connectivity index is 2.53. The molecule has 0 spiro atoms. The van der Waals surface area contributed by atoms with Crippen molar-refractivity contribution in [1.29, 1.82) is 0 Å². The summed E-state index contributed by atoms with van der Waals surface area (Å²) in [7, 11) is 0. The highest BCUT2D eigenvalue weighted by Crippen LogP contribution is 2.28. The average Bonchev–Trinajstić information content (AvgIpc) is 2.42. The number of hydrogen-bond acceptors (Lipinski definition) is 1. The number of halogens is 5. The Labute approximate surface area is 124 Å². The Morgan fingerprint density at radius 3 is 2.14 bits per heavy atom. The van der Waals surface area contributed by atoms with Gasteiger partial charge in [-0.15, -0.1) is 0 Å². The molecule has 1 unspecified atom stereocenters. The minimum Gasteiger partial charge on any atom is -0.306 e. The Kier molecular flexibility index (Phi) is 4.85. The van der Waals surface area contributed by atoms with Gasteiger partial charge in [-0.3, -0.25) is 0 Å². The van der Waals surface area contributed by atoms with E-state index in [0.29, 0.717) is 6.54 Å². The van der Waals surface area contributed by atoms with Crippen molar-refractivity contribution < 1.29 is 17.6 Å². The van der Waals surface area contributed by atoms with E-state index in [1.54, 1.807) is 6.92 Å². The molecule has 2 aromatic rings. The monoisotopic (exact) mass is 317 g/mol. The molecule has 2 aromatic carbocycles. The van der Waals surface area contributed by atoms with E-state index in [4.69, 9.17) is 11.6 Å². The smallest absolute Gasteiger partial charge is 0.194 e. The molecule has 1 nitrogen and oxygen atoms in total. The third kappa shape index (κ3) is 3.36. The van der Waals surface area contributed by atoms with Crippen LogP contribution in [0.1, 0.15) is 24.1 Å². The standard InChI is InChI=1S/C15H12ClF4N/c1-2-21-15(10-4-3-9(16)7-11(10)17)8-5-12(18)14(20)13(19)6-8/h3-7,15,21H,2H2,1H3. The van der Waals surface area contributed by atoms with Gasteiger partial charge in [0.25, 0.3) is 0 Å². The first-order chi connectivity index (χ1) is 9.93. The molecule has 0 heterocycles. The molecule has 0 saturated carbocycles. The zero-order chi connectivity index (χ0) is 15.6. The van der Waals surface area contributed by atoms with Gasteiger partial charge in [-0.1, -0.05) is 24.6 Å². The van der Waals surface area contributed by atoms with Gasteiger partial charge in [0.1, 0.15) is 5.82 Å². The quantitative estimate of drug-likeness (QED) is 0.642. The molecule has 0 fully saturated rings. The van der Waals surface area contributed by atoms with E-state index in [1.165, 1.54) is 12.1 Å². The van der Waals surface area contributed by atoms with Crippen LogP contribution in [0.2, 0.25) is 5.02 Å². The minimum atomic E-state index is -1.55. The lowest BCUT2D eigenvalue weighted by Crippen LogP contribution is -2.23. The maximum absolute atomic E-state index is 14.0. The molecule has 0 aromatic heterocycles. The highest BCUT2D eigenvalue weighted by atomic mass is 35.5. The minimum absolute atomic E-state index is 0.0921. The fourth-order valence-corrected chi connectivity index (χ4v) is 2.25. The van der Waals surface area contributed by atoms with E-state index in [1.807, 2.05) is 0 Å². The van der Waals surface area contributed by atoms with Crippen molar-refractivity contribution in [2.75, 3.05) is 6.54 Å². The molecule has 0 amide bonds. The largest absolute Gasteiger partial charge is 0.306 e. The summed E-state index contributed by atoms with van der Waals surface area (Å²) in [6.07, 6.45) is 0. The number of rotatable bonds is 4. The molecular formula is C15H12ClF4N. The van der Waals surface area contributed by atoms with Crippen LogP contribution in [0.3, 0.4) is 0 Å². The van der Waals surface area contributed by atoms with Gasteiger partial charge < -0.3 is 5.32 Å². The highest BCUT2D eigenvalue weighted by Gasteiger charge is 2.21. The third-order valence-electron chi connectivity index (χ3n) is 3.02. The Bertz CT molecular complexity index is 637. The van der Waals surface area contributed by atoms with Crippen LogP contribution >= 0.6 is 11.6 Å². The lowest BCUT2D eigenvalue weighted by molar-refractivity contribution is 0.442. The molecule has 112 valence electrons. The molecule has 0 aliphatic rings. The fourth-order valence-electron chi connectivity index (χ4n) is 2.09. The van der Waals surface area contributed by atoms with Crippen molar-refractivity contribution in [2.24, 2.45) is 0 Å². The van der Waals surface area contributed by atoms with Crippen LogP contribution < -0.4 is 5.32 Å². The highest BCUT2D eigenvalue weighted by molar-refractivity contribution is 6.30. The lowest BCUT2D eigenvalue weighted by atomic mass is 9.97. The Morgan fingerprint density at radius 1 is 1.00 bits per heavy atom. The van der Waals surface area contributed by atoms with E-state index < -0.39 is 29.3 Å². The summed E-state index contributed by atoms with van der Waals surface area (Å²) >= 11 is 5.69. The Hall–Kier alpha value is -1.59. The summed E-state index contributed by atoms with van der Waals surface area (Å²) < 4.78 is 53.8. The van der Waals surface area contributed by atoms with Gasteiger partial charge in [0.05, 0.1) is 6.04 Å². The SMILES string of the molecule is CCNC(c1cc(F)c(F)c(F)c1)c1ccc(Cl)cc1F. The van der Waals surface area contributed by atoms with Crippen LogP contribution in [0, 0.1) is 23.3 Å². The lowest BCUT2D eigenvalue weighted by Gasteiger charge is -2.20. The van der Waals surface area contributed by atoms with Crippen LogP contribution in [0.5, 0.6) is 0 Å². The molecule has 0 aliphatic carbocycles. The van der Waals surface area contributed by atoms with E-state index in [-0.39, 0.29) is 16.1 Å². The Morgan fingerprint density at radius 2 is 1.62 bits per heavy atom. The summed E-state index contributed by atoms with van der Waals surface area (Å²) in [5.41, 5.74) is 0.265. The zero-order valence-electron chi connectivity index (χ0n) is 11.1. The van der Waals surface area contributed by atoms with E-state index in [0.717, 1.165) is 18.2 Å². The number of benzene rings is 2. The van der Waals surface area contributed by atoms with Crippen molar-refractivity contribution in [3.63, 3.8) is 0 Å². The molecule has 0 bridgehead atoms. The van der Waals surface area contributed by atoms with Gasteiger partial charge >= 0.3 is 0 Å². The number of hydrogen-bond donors (Lipinski definition) is 1.